The van der Waals surface area contributed by atoms with Gasteiger partial charge >= 0.3 is 6.18 Å². The number of alkyl halides is 3. The maximum atomic E-state index is 13.3. The van der Waals surface area contributed by atoms with Gasteiger partial charge in [0, 0.05) is 42.1 Å². The molecule has 7 rings (SSSR count). The van der Waals surface area contributed by atoms with Crippen molar-refractivity contribution in [2.45, 2.75) is 94.9 Å². The van der Waals surface area contributed by atoms with Gasteiger partial charge in [0.2, 0.25) is 5.91 Å². The third-order valence-electron chi connectivity index (χ3n) is 9.77. The van der Waals surface area contributed by atoms with Crippen LogP contribution < -0.4 is 0 Å². The Morgan fingerprint density at radius 2 is 1.82 bits per heavy atom. The third-order valence-corrected chi connectivity index (χ3v) is 9.77. The van der Waals surface area contributed by atoms with Crippen LogP contribution in [0.15, 0.2) is 18.2 Å². The predicted molar refractivity (Wildman–Crippen MR) is 141 cm³/mol. The van der Waals surface area contributed by atoms with Crippen molar-refractivity contribution in [3.63, 3.8) is 0 Å². The van der Waals surface area contributed by atoms with Gasteiger partial charge in [0.05, 0.1) is 17.8 Å². The minimum atomic E-state index is -4.70. The van der Waals surface area contributed by atoms with Crippen LogP contribution in [-0.2, 0) is 11.3 Å². The SMILES string of the molecule is Cc1ccc2c(c1)c(C1CCN(C(=O)C3CC4(C3)CC(c3n[nH]c(C5CC5)n3)C4)CC1)nn2C[C@@H](O)C(F)(F)F. The van der Waals surface area contributed by atoms with Gasteiger partial charge in [0.1, 0.15) is 5.82 Å². The van der Waals surface area contributed by atoms with E-state index in [0.29, 0.717) is 30.4 Å². The summed E-state index contributed by atoms with van der Waals surface area (Å²) in [6.07, 6.45) is 0.699. The number of nitrogens with zero attached hydrogens (tertiary/aromatic N) is 5. The molecule has 11 heteroatoms. The van der Waals surface area contributed by atoms with E-state index in [2.05, 4.69) is 15.3 Å². The highest BCUT2D eigenvalue weighted by Gasteiger charge is 2.56. The van der Waals surface area contributed by atoms with Crippen molar-refractivity contribution in [3.8, 4) is 0 Å². The molecule has 40 heavy (non-hydrogen) atoms. The summed E-state index contributed by atoms with van der Waals surface area (Å²) in [5.41, 5.74) is 2.63. The number of piperidine rings is 1. The Hall–Kier alpha value is -2.95. The zero-order valence-corrected chi connectivity index (χ0v) is 22.6. The summed E-state index contributed by atoms with van der Waals surface area (Å²) < 4.78 is 40.4. The van der Waals surface area contributed by atoms with Crippen LogP contribution in [0.1, 0.15) is 92.0 Å². The van der Waals surface area contributed by atoms with Crippen LogP contribution in [0.5, 0.6) is 0 Å². The molecule has 0 unspecified atom stereocenters. The molecule has 1 amide bonds. The molecule has 3 aromatic rings. The molecule has 8 nitrogen and oxygen atoms in total. The Morgan fingerprint density at radius 1 is 1.10 bits per heavy atom. The van der Waals surface area contributed by atoms with Crippen molar-refractivity contribution >= 4 is 16.8 Å². The van der Waals surface area contributed by atoms with Crippen molar-refractivity contribution in [1.82, 2.24) is 29.9 Å². The van der Waals surface area contributed by atoms with E-state index in [1.165, 1.54) is 17.5 Å². The Morgan fingerprint density at radius 3 is 2.50 bits per heavy atom. The van der Waals surface area contributed by atoms with Crippen LogP contribution in [0.25, 0.3) is 10.9 Å². The number of hydrogen-bond donors (Lipinski definition) is 2. The molecule has 0 radical (unpaired) electrons. The summed E-state index contributed by atoms with van der Waals surface area (Å²) in [6.45, 7) is 2.56. The summed E-state index contributed by atoms with van der Waals surface area (Å²) in [4.78, 5) is 20.0. The van der Waals surface area contributed by atoms with Crippen molar-refractivity contribution in [3.05, 3.63) is 41.1 Å². The van der Waals surface area contributed by atoms with E-state index >= 15 is 0 Å². The Balaban J connectivity index is 0.953. The van der Waals surface area contributed by atoms with Crippen LogP contribution in [-0.4, -0.2) is 66.2 Å². The first-order valence-corrected chi connectivity index (χ1v) is 14.5. The van der Waals surface area contributed by atoms with Gasteiger partial charge in [0.25, 0.3) is 0 Å². The number of rotatable bonds is 6. The van der Waals surface area contributed by atoms with Gasteiger partial charge in [-0.15, -0.1) is 0 Å². The van der Waals surface area contributed by atoms with Gasteiger partial charge in [-0.1, -0.05) is 11.6 Å². The number of nitrogens with one attached hydrogen (secondary N) is 1. The maximum Gasteiger partial charge on any atom is 0.416 e. The van der Waals surface area contributed by atoms with E-state index in [9.17, 15) is 23.1 Å². The standard InChI is InChI=1S/C29H35F3N6O2/c1-16-2-5-22-21(10-16)24(36-38(22)15-23(39)29(30,31)32)17-6-8-37(9-7-17)27(40)20-13-28(14-20)11-19(12-28)26-33-25(34-35-26)18-3-4-18/h2,5,10,17-20,23,39H,3-4,6-9,11-15H2,1H3,(H,33,34,35)/t19?,20?,23-,28?/m1/s1. The van der Waals surface area contributed by atoms with E-state index in [4.69, 9.17) is 4.98 Å². The first-order valence-electron chi connectivity index (χ1n) is 14.5. The largest absolute Gasteiger partial charge is 0.416 e. The second kappa shape index (κ2) is 9.29. The number of amides is 1. The lowest BCUT2D eigenvalue weighted by atomic mass is 9.48. The number of aromatic nitrogens is 5. The van der Waals surface area contributed by atoms with Gasteiger partial charge in [-0.25, -0.2) is 4.98 Å². The van der Waals surface area contributed by atoms with Crippen LogP contribution in [0.3, 0.4) is 0 Å². The molecule has 2 N–H and O–H groups in total. The summed E-state index contributed by atoms with van der Waals surface area (Å²) in [5, 5.41) is 22.6. The van der Waals surface area contributed by atoms with E-state index in [1.807, 2.05) is 24.0 Å². The first kappa shape index (κ1) is 26.0. The van der Waals surface area contributed by atoms with Crippen LogP contribution in [0.2, 0.25) is 0 Å². The Labute approximate surface area is 230 Å². The molecule has 3 saturated carbocycles. The second-order valence-corrected chi connectivity index (χ2v) is 12.8. The molecule has 0 bridgehead atoms. The number of likely N-dealkylation sites (tertiary alicyclic amines) is 1. The third kappa shape index (κ3) is 4.59. The number of aromatic amines is 1. The number of hydrogen-bond acceptors (Lipinski definition) is 5. The number of aliphatic hydroxyl groups is 1. The van der Waals surface area contributed by atoms with Crippen molar-refractivity contribution in [1.29, 1.82) is 0 Å². The van der Waals surface area contributed by atoms with Crippen molar-refractivity contribution < 1.29 is 23.1 Å². The molecule has 2 aromatic heterocycles. The van der Waals surface area contributed by atoms with Crippen LogP contribution in [0, 0.1) is 18.3 Å². The Kier molecular flexibility index (Phi) is 6.03. The lowest BCUT2D eigenvalue weighted by Crippen LogP contribution is -2.53. The van der Waals surface area contributed by atoms with E-state index < -0.39 is 18.8 Å². The van der Waals surface area contributed by atoms with E-state index in [0.717, 1.165) is 66.8 Å². The summed E-state index contributed by atoms with van der Waals surface area (Å²) in [6, 6.07) is 5.57. The highest BCUT2D eigenvalue weighted by molar-refractivity contribution is 5.83. The molecule has 4 aliphatic rings. The monoisotopic (exact) mass is 556 g/mol. The molecular formula is C29H35F3N6O2. The number of aliphatic hydroxyl groups excluding tert-OH is 1. The first-order chi connectivity index (χ1) is 19.1. The smallest absolute Gasteiger partial charge is 0.382 e. The fourth-order valence-electron chi connectivity index (χ4n) is 7.33. The summed E-state index contributed by atoms with van der Waals surface area (Å²) in [7, 11) is 0. The van der Waals surface area contributed by atoms with E-state index in [1.54, 1.807) is 6.07 Å². The number of H-pyrrole nitrogens is 1. The molecule has 1 aromatic carbocycles. The quantitative estimate of drug-likeness (QED) is 0.448. The predicted octanol–water partition coefficient (Wildman–Crippen LogP) is 4.94. The maximum absolute atomic E-state index is 13.3. The molecule has 1 spiro atoms. The number of carbonyl (C=O) groups is 1. The van der Waals surface area contributed by atoms with Crippen LogP contribution >= 0.6 is 0 Å². The number of carbonyl (C=O) groups excluding carboxylic acids is 1. The molecule has 3 aliphatic carbocycles. The fourth-order valence-corrected chi connectivity index (χ4v) is 7.33. The van der Waals surface area contributed by atoms with E-state index in [-0.39, 0.29) is 23.2 Å². The van der Waals surface area contributed by atoms with Gasteiger partial charge < -0.3 is 10.0 Å². The van der Waals surface area contributed by atoms with Crippen molar-refractivity contribution in [2.24, 2.45) is 11.3 Å². The number of benzene rings is 1. The second-order valence-electron chi connectivity index (χ2n) is 12.8. The lowest BCUT2D eigenvalue weighted by molar-refractivity contribution is -0.207. The number of aryl methyl sites for hydroxylation is 1. The average Bonchev–Trinajstić information content (AvgIpc) is 3.51. The molecule has 3 heterocycles. The average molecular weight is 557 g/mol. The molecule has 1 aliphatic heterocycles. The minimum absolute atomic E-state index is 0.0552. The normalized spacial score (nSPS) is 28.1. The van der Waals surface area contributed by atoms with Crippen molar-refractivity contribution in [2.75, 3.05) is 13.1 Å². The number of fused-ring (bicyclic) bond motifs is 1. The summed E-state index contributed by atoms with van der Waals surface area (Å²) >= 11 is 0. The molecule has 4 fully saturated rings. The van der Waals surface area contributed by atoms with Gasteiger partial charge in [-0.3, -0.25) is 14.6 Å². The topological polar surface area (TPSA) is 99.9 Å². The highest BCUT2D eigenvalue weighted by atomic mass is 19.4. The molecule has 1 saturated heterocycles. The molecule has 1 atom stereocenters. The minimum Gasteiger partial charge on any atom is -0.382 e. The zero-order chi connectivity index (χ0) is 27.8. The van der Waals surface area contributed by atoms with Gasteiger partial charge in [-0.05, 0) is 75.8 Å². The zero-order valence-electron chi connectivity index (χ0n) is 22.6. The summed E-state index contributed by atoms with van der Waals surface area (Å²) in [5.74, 6) is 3.34. The fraction of sp³-hybridized carbons (Fsp3) is 0.655. The molecule has 214 valence electrons. The van der Waals surface area contributed by atoms with Gasteiger partial charge in [0.15, 0.2) is 11.9 Å². The highest BCUT2D eigenvalue weighted by Crippen LogP contribution is 2.64. The Bertz CT molecular complexity index is 1420. The van der Waals surface area contributed by atoms with Crippen LogP contribution in [0.4, 0.5) is 13.2 Å². The molecular weight excluding hydrogens is 521 g/mol. The lowest BCUT2D eigenvalue weighted by Gasteiger charge is -2.57. The number of halogens is 3. The van der Waals surface area contributed by atoms with Gasteiger partial charge in [-0.2, -0.15) is 23.4 Å².